The Hall–Kier alpha value is -6.69. The Morgan fingerprint density at radius 1 is 0.672 bits per heavy atom. The largest absolute Gasteiger partial charge is 0.508 e. The van der Waals surface area contributed by atoms with E-state index in [1.807, 2.05) is 0 Å². The molecule has 2 saturated carbocycles. The molecule has 6 aliphatic rings. The number of aromatic hydroxyl groups is 2. The van der Waals surface area contributed by atoms with Gasteiger partial charge in [0.1, 0.15) is 45.7 Å². The number of benzene rings is 2. The molecule has 2 fully saturated rings. The van der Waals surface area contributed by atoms with Crippen LogP contribution in [0.2, 0.25) is 0 Å². The summed E-state index contributed by atoms with van der Waals surface area (Å²) in [5.74, 6) is -15.0. The molecule has 2 aromatic carbocycles. The smallest absolute Gasteiger partial charge is 0.294 e. The molecule has 0 unspecified atom stereocenters. The maximum Gasteiger partial charge on any atom is 0.294 e. The van der Waals surface area contributed by atoms with E-state index < -0.39 is 148 Å². The summed E-state index contributed by atoms with van der Waals surface area (Å²) < 4.78 is 33.4. The number of amides is 2. The fraction of sp³-hybridized carbons (Fsp3) is 0.378. The number of phenols is 2. The van der Waals surface area contributed by atoms with E-state index in [9.17, 15) is 82.6 Å². The van der Waals surface area contributed by atoms with E-state index >= 15 is 0 Å². The molecule has 21 nitrogen and oxygen atoms in total. The van der Waals surface area contributed by atoms with Crippen LogP contribution in [0.4, 0.5) is 0 Å². The lowest BCUT2D eigenvalue weighted by molar-refractivity contribution is -0.155. The predicted octanol–water partition coefficient (Wildman–Crippen LogP) is 0.208. The number of fused-ring (bicyclic) bond motifs is 6. The fourth-order valence-corrected chi connectivity index (χ4v) is 11.8. The number of aliphatic hydroxyl groups is 6. The Morgan fingerprint density at radius 2 is 1.04 bits per heavy atom. The number of phenolic OH excluding ortho intramolecular Hbond substituents is 2. The zero-order chi connectivity index (χ0) is 50.1. The van der Waals surface area contributed by atoms with Crippen molar-refractivity contribution in [2.75, 3.05) is 28.2 Å². The van der Waals surface area contributed by atoms with Crippen LogP contribution >= 0.6 is 0 Å². The number of primary amides is 2. The van der Waals surface area contributed by atoms with Gasteiger partial charge < -0.3 is 52.3 Å². The summed E-state index contributed by atoms with van der Waals surface area (Å²) in [5.41, 5.74) is 4.28. The molecule has 0 radical (unpaired) electrons. The number of nitrogens with two attached hydrogens (primary N) is 2. The lowest BCUT2D eigenvalue weighted by Gasteiger charge is -2.50. The molecule has 8 rings (SSSR count). The van der Waals surface area contributed by atoms with Gasteiger partial charge in [-0.3, -0.25) is 43.1 Å². The number of carbonyl (C=O) groups excluding carboxylic acids is 6. The first-order valence-corrected chi connectivity index (χ1v) is 22.0. The highest BCUT2D eigenvalue weighted by atomic mass is 32.2. The molecule has 2 aromatic rings. The van der Waals surface area contributed by atoms with Crippen molar-refractivity contribution in [2.45, 2.75) is 60.8 Å². The second-order valence-corrected chi connectivity index (χ2v) is 19.5. The van der Waals surface area contributed by atoms with E-state index in [2.05, 4.69) is 6.58 Å². The van der Waals surface area contributed by atoms with E-state index in [0.29, 0.717) is 16.7 Å². The van der Waals surface area contributed by atoms with Gasteiger partial charge in [0, 0.05) is 23.0 Å². The van der Waals surface area contributed by atoms with Crippen LogP contribution in [0.1, 0.15) is 47.6 Å². The van der Waals surface area contributed by atoms with Crippen molar-refractivity contribution < 1.29 is 82.6 Å². The summed E-state index contributed by atoms with van der Waals surface area (Å²) in [5, 5.41) is 87.3. The topological polar surface area (TPSA) is 377 Å². The molecular weight excluding hydrogens is 901 g/mol. The first-order chi connectivity index (χ1) is 31.0. The van der Waals surface area contributed by atoms with E-state index in [4.69, 9.17) is 11.5 Å². The van der Waals surface area contributed by atoms with E-state index in [0.717, 1.165) is 12.1 Å². The molecule has 67 heavy (non-hydrogen) atoms. The molecule has 0 spiro atoms. The molecular formula is C45H48N4O17S. The Kier molecular flexibility index (Phi) is 11.5. The van der Waals surface area contributed by atoms with Gasteiger partial charge in [0.2, 0.25) is 11.6 Å². The van der Waals surface area contributed by atoms with E-state index in [-0.39, 0.29) is 48.1 Å². The number of ketones is 4. The average Bonchev–Trinajstić information content (AvgIpc) is 3.20. The lowest BCUT2D eigenvalue weighted by atomic mass is 9.57. The molecule has 356 valence electrons. The zero-order valence-corrected chi connectivity index (χ0v) is 37.4. The van der Waals surface area contributed by atoms with Crippen LogP contribution in [-0.2, 0) is 51.7 Å². The molecule has 0 saturated heterocycles. The van der Waals surface area contributed by atoms with Gasteiger partial charge in [-0.15, -0.1) is 0 Å². The van der Waals surface area contributed by atoms with Crippen LogP contribution in [-0.4, -0.2) is 150 Å². The maximum atomic E-state index is 13.7. The normalized spacial score (nSPS) is 29.1. The fourth-order valence-electron chi connectivity index (χ4n) is 11.1. The average molecular weight is 949 g/mol. The third-order valence-corrected chi connectivity index (χ3v) is 14.8. The van der Waals surface area contributed by atoms with Gasteiger partial charge in [-0.05, 0) is 108 Å². The van der Waals surface area contributed by atoms with E-state index in [1.165, 1.54) is 30.0 Å². The molecule has 0 aliphatic heterocycles. The summed E-state index contributed by atoms with van der Waals surface area (Å²) in [4.78, 5) is 79.4. The van der Waals surface area contributed by atoms with Gasteiger partial charge in [-0.25, -0.2) is 0 Å². The second kappa shape index (κ2) is 16.0. The van der Waals surface area contributed by atoms with Crippen molar-refractivity contribution in [2.24, 2.45) is 35.1 Å². The summed E-state index contributed by atoms with van der Waals surface area (Å²) in [6.07, 6.45) is -0.160. The number of hydrogen-bond acceptors (Lipinski definition) is 18. The van der Waals surface area contributed by atoms with Gasteiger partial charge >= 0.3 is 0 Å². The number of aliphatic hydroxyl groups excluding tert-OH is 4. The first kappa shape index (κ1) is 48.2. The van der Waals surface area contributed by atoms with Crippen molar-refractivity contribution in [1.82, 2.24) is 9.80 Å². The number of hydrogen-bond donors (Lipinski definition) is 11. The number of nitrogens with zero attached hydrogens (tertiary/aromatic N) is 2. The van der Waals surface area contributed by atoms with Gasteiger partial charge in [0.05, 0.1) is 28.1 Å². The van der Waals surface area contributed by atoms with Gasteiger partial charge in [0.15, 0.2) is 22.8 Å². The highest BCUT2D eigenvalue weighted by Gasteiger charge is 2.66. The summed E-state index contributed by atoms with van der Waals surface area (Å²) in [6, 6.07) is 2.55. The van der Waals surface area contributed by atoms with Crippen LogP contribution in [0.3, 0.4) is 0 Å². The Balaban J connectivity index is 0.000000199. The summed E-state index contributed by atoms with van der Waals surface area (Å²) >= 11 is 0. The quantitative estimate of drug-likeness (QED) is 0.136. The van der Waals surface area contributed by atoms with Crippen molar-refractivity contribution in [1.29, 1.82) is 0 Å². The number of carbonyl (C=O) groups is 6. The predicted molar refractivity (Wildman–Crippen MR) is 233 cm³/mol. The molecule has 0 heterocycles. The monoisotopic (exact) mass is 948 g/mol. The lowest BCUT2D eigenvalue weighted by Crippen LogP contribution is -2.65. The number of rotatable bonds is 6. The molecule has 8 atom stereocenters. The van der Waals surface area contributed by atoms with Crippen molar-refractivity contribution >= 4 is 62.2 Å². The van der Waals surface area contributed by atoms with Crippen LogP contribution in [0.25, 0.3) is 17.1 Å². The molecule has 6 aliphatic carbocycles. The number of Topliss-reactive ketones (excluding diaryl/α,β-unsaturated/α-hetero) is 4. The standard InChI is InChI=1S/C24H26N2O7.C21H22N2O10S/c1-9(2)11-5-6-14(27)16-12(11)7-10-8-13-18(26(3)4)20(29)17(23(25)32)22(31)24(13,33)21(30)15(10)19(16)28;1-23(2)15-9-6-7-5-8-11(34(31,32)33)4-3-10(24)13(8)16(25)12(7)18(27)21(9,30)19(28)14(17(15)26)20(22)29/h5-6,10,13,18,27-28,31,33H,1,7-8H2,2-4H3,(H2,25,32);3-4,7,9,15,24-25,28,30H,5-6H2,1-2H3,(H2,22,29)(H,31,32,33)/t10-,13-,18-,24-;7-,9-,15-,21-/m00/s1. The summed E-state index contributed by atoms with van der Waals surface area (Å²) in [6.45, 7) is 5.72. The molecule has 2 amide bonds. The number of likely N-dealkylation sites (N-methyl/N-ethyl adjacent to an activating group) is 2. The Bertz CT molecular complexity index is 2950. The van der Waals surface area contributed by atoms with Gasteiger partial charge in [0.25, 0.3) is 21.9 Å². The second-order valence-electron chi connectivity index (χ2n) is 18.1. The van der Waals surface area contributed by atoms with Crippen LogP contribution in [0.5, 0.6) is 11.5 Å². The minimum Gasteiger partial charge on any atom is -0.508 e. The van der Waals surface area contributed by atoms with Crippen molar-refractivity contribution in [3.8, 4) is 11.5 Å². The Morgan fingerprint density at radius 3 is 1.40 bits per heavy atom. The van der Waals surface area contributed by atoms with Crippen LogP contribution in [0, 0.1) is 23.7 Å². The third-order valence-electron chi connectivity index (χ3n) is 13.9. The first-order valence-electron chi connectivity index (χ1n) is 20.6. The van der Waals surface area contributed by atoms with Gasteiger partial charge in [-0.2, -0.15) is 8.42 Å². The third kappa shape index (κ3) is 6.80. The highest BCUT2D eigenvalue weighted by molar-refractivity contribution is 7.85. The maximum absolute atomic E-state index is 13.7. The SMILES string of the molecule is C=C(C)c1ccc(O)c2c1C[C@H]1C[C@H]3[C@H](N(C)C)C(=O)C(C(N)=O)=C(O)[C@@]3(O)C(=O)C1=C2O.CN(C)[C@@H]1C(=O)C(C(N)=O)=C(O)[C@@]2(O)C(=O)C3=C(O)c4c(O)ccc(S(=O)(=O)O)c4C[C@H]3C[C@@H]12. The summed E-state index contributed by atoms with van der Waals surface area (Å²) in [7, 11) is 1.27. The van der Waals surface area contributed by atoms with Crippen molar-refractivity contribution in [3.63, 3.8) is 0 Å². The van der Waals surface area contributed by atoms with Gasteiger partial charge in [-0.1, -0.05) is 18.2 Å². The van der Waals surface area contributed by atoms with Crippen molar-refractivity contribution in [3.05, 3.63) is 92.5 Å². The Labute approximate surface area is 381 Å². The highest BCUT2D eigenvalue weighted by Crippen LogP contribution is 2.55. The molecule has 22 heteroatoms. The minimum atomic E-state index is -4.77. The molecule has 0 bridgehead atoms. The minimum absolute atomic E-state index is 0.0526. The van der Waals surface area contributed by atoms with E-state index in [1.54, 1.807) is 27.1 Å². The number of allylic oxidation sites excluding steroid dienone is 1. The molecule has 13 N–H and O–H groups in total. The van der Waals surface area contributed by atoms with Crippen LogP contribution in [0.15, 0.2) is 69.6 Å². The zero-order valence-electron chi connectivity index (χ0n) is 36.6. The molecule has 0 aromatic heterocycles. The van der Waals surface area contributed by atoms with Crippen LogP contribution < -0.4 is 11.5 Å².